The van der Waals surface area contributed by atoms with Crippen LogP contribution in [0, 0.1) is 0 Å². The molecule has 2 saturated heterocycles. The molecule has 21 heavy (non-hydrogen) atoms. The number of aliphatic hydroxyl groups is 1. The van der Waals surface area contributed by atoms with Crippen molar-refractivity contribution in [1.29, 1.82) is 0 Å². The third-order valence-corrected chi connectivity index (χ3v) is 3.50. The maximum Gasteiger partial charge on any atom is 0.336 e. The van der Waals surface area contributed by atoms with Crippen LogP contribution in [0.5, 0.6) is 0 Å². The van der Waals surface area contributed by atoms with Gasteiger partial charge in [-0.3, -0.25) is 0 Å². The monoisotopic (exact) mass is 299 g/mol. The van der Waals surface area contributed by atoms with Gasteiger partial charge in [-0.15, -0.1) is 0 Å². The first-order chi connectivity index (χ1) is 10.1. The summed E-state index contributed by atoms with van der Waals surface area (Å²) in [4.78, 5) is 36.9. The molecule has 0 bridgehead atoms. The van der Waals surface area contributed by atoms with E-state index < -0.39 is 17.1 Å². The van der Waals surface area contributed by atoms with Crippen LogP contribution in [0.3, 0.4) is 0 Å². The second-order valence-electron chi connectivity index (χ2n) is 5.21. The minimum Gasteiger partial charge on any atom is -0.396 e. The van der Waals surface area contributed by atoms with Crippen LogP contribution in [0.4, 0.5) is 0 Å². The van der Waals surface area contributed by atoms with E-state index in [1.54, 1.807) is 0 Å². The Morgan fingerprint density at radius 2 is 1.33 bits per heavy atom. The van der Waals surface area contributed by atoms with Gasteiger partial charge in [0.2, 0.25) is 0 Å². The van der Waals surface area contributed by atoms with Crippen LogP contribution in [0.15, 0.2) is 14.4 Å². The Kier molecular flexibility index (Phi) is 3.79. The predicted molar refractivity (Wildman–Crippen MR) is 70.4 cm³/mol. The SMILES string of the molecule is O=c1n(CCCO)c(=O)n(CC2CO2)c(=O)n1CC1CO1. The number of ether oxygens (including phenoxy) is 2. The van der Waals surface area contributed by atoms with Gasteiger partial charge in [-0.05, 0) is 6.42 Å². The van der Waals surface area contributed by atoms with Gasteiger partial charge in [-0.2, -0.15) is 0 Å². The maximum atomic E-state index is 12.3. The zero-order chi connectivity index (χ0) is 15.0. The van der Waals surface area contributed by atoms with E-state index in [1.165, 1.54) is 0 Å². The lowest BCUT2D eigenvalue weighted by molar-refractivity contribution is 0.272. The van der Waals surface area contributed by atoms with Gasteiger partial charge in [0.05, 0.1) is 38.5 Å². The zero-order valence-electron chi connectivity index (χ0n) is 11.4. The Morgan fingerprint density at radius 3 is 1.71 bits per heavy atom. The van der Waals surface area contributed by atoms with E-state index in [4.69, 9.17) is 14.6 Å². The zero-order valence-corrected chi connectivity index (χ0v) is 11.4. The van der Waals surface area contributed by atoms with Crippen molar-refractivity contribution in [2.75, 3.05) is 19.8 Å². The molecule has 0 radical (unpaired) electrons. The van der Waals surface area contributed by atoms with Crippen LogP contribution in [-0.4, -0.2) is 50.8 Å². The summed E-state index contributed by atoms with van der Waals surface area (Å²) in [6.07, 6.45) is -0.0256. The van der Waals surface area contributed by atoms with Crippen molar-refractivity contribution < 1.29 is 14.6 Å². The largest absolute Gasteiger partial charge is 0.396 e. The lowest BCUT2D eigenvalue weighted by Gasteiger charge is -2.12. The number of hydrogen-bond acceptors (Lipinski definition) is 6. The molecule has 2 aliphatic heterocycles. The van der Waals surface area contributed by atoms with Gasteiger partial charge in [0.15, 0.2) is 0 Å². The predicted octanol–water partition coefficient (Wildman–Crippen LogP) is -2.65. The minimum atomic E-state index is -0.651. The summed E-state index contributed by atoms with van der Waals surface area (Å²) < 4.78 is 13.1. The molecule has 3 rings (SSSR count). The molecule has 9 heteroatoms. The summed E-state index contributed by atoms with van der Waals surface area (Å²) in [6, 6.07) is 0. The molecule has 1 aromatic rings. The standard InChI is InChI=1S/C12H17N3O6/c16-3-1-2-13-10(17)14(4-8-6-20-8)12(19)15(11(13)18)5-9-7-21-9/h8-9,16H,1-7H2. The Bertz CT molecular complexity index is 642. The first-order valence-corrected chi connectivity index (χ1v) is 6.90. The quantitative estimate of drug-likeness (QED) is 0.551. The van der Waals surface area contributed by atoms with Crippen molar-refractivity contribution in [3.05, 3.63) is 31.5 Å². The molecule has 0 aromatic carbocycles. The van der Waals surface area contributed by atoms with Crippen LogP contribution in [0.25, 0.3) is 0 Å². The van der Waals surface area contributed by atoms with E-state index in [1.807, 2.05) is 0 Å². The topological polar surface area (TPSA) is 111 Å². The average Bonchev–Trinajstić information content (AvgIpc) is 3.35. The molecule has 1 aromatic heterocycles. The molecule has 0 aliphatic carbocycles. The highest BCUT2D eigenvalue weighted by molar-refractivity contribution is 4.84. The molecule has 2 atom stereocenters. The normalized spacial score (nSPS) is 23.3. The smallest absolute Gasteiger partial charge is 0.336 e. The van der Waals surface area contributed by atoms with Gasteiger partial charge in [0.1, 0.15) is 0 Å². The van der Waals surface area contributed by atoms with Gasteiger partial charge in [0.25, 0.3) is 0 Å². The van der Waals surface area contributed by atoms with Crippen molar-refractivity contribution in [3.63, 3.8) is 0 Å². The van der Waals surface area contributed by atoms with Crippen molar-refractivity contribution >= 4 is 0 Å². The molecule has 0 saturated carbocycles. The highest BCUT2D eigenvalue weighted by Gasteiger charge is 2.29. The van der Waals surface area contributed by atoms with Gasteiger partial charge < -0.3 is 14.6 Å². The van der Waals surface area contributed by atoms with Crippen molar-refractivity contribution in [2.24, 2.45) is 0 Å². The van der Waals surface area contributed by atoms with E-state index in [0.29, 0.717) is 13.2 Å². The lowest BCUT2D eigenvalue weighted by atomic mass is 10.4. The summed E-state index contributed by atoms with van der Waals surface area (Å²) in [6.45, 7) is 1.24. The van der Waals surface area contributed by atoms with Crippen LogP contribution in [0.1, 0.15) is 6.42 Å². The first kappa shape index (κ1) is 14.2. The fourth-order valence-corrected chi connectivity index (χ4v) is 2.17. The van der Waals surface area contributed by atoms with Crippen molar-refractivity contribution in [1.82, 2.24) is 13.7 Å². The molecule has 2 aliphatic rings. The second kappa shape index (κ2) is 5.58. The average molecular weight is 299 g/mol. The second-order valence-corrected chi connectivity index (χ2v) is 5.21. The lowest BCUT2D eigenvalue weighted by Crippen LogP contribution is -2.55. The van der Waals surface area contributed by atoms with Crippen LogP contribution in [0.2, 0.25) is 0 Å². The fraction of sp³-hybridized carbons (Fsp3) is 0.750. The summed E-state index contributed by atoms with van der Waals surface area (Å²) in [5.41, 5.74) is -1.93. The van der Waals surface area contributed by atoms with E-state index in [9.17, 15) is 14.4 Å². The summed E-state index contributed by atoms with van der Waals surface area (Å²) in [7, 11) is 0. The number of aromatic nitrogens is 3. The summed E-state index contributed by atoms with van der Waals surface area (Å²) in [5, 5.41) is 8.88. The number of rotatable bonds is 7. The Balaban J connectivity index is 2.06. The van der Waals surface area contributed by atoms with E-state index in [2.05, 4.69) is 0 Å². The molecule has 3 heterocycles. The Labute approximate surface area is 118 Å². The number of aliphatic hydroxyl groups excluding tert-OH is 1. The number of hydrogen-bond donors (Lipinski definition) is 1. The summed E-state index contributed by atoms with van der Waals surface area (Å²) in [5.74, 6) is 0. The van der Waals surface area contributed by atoms with E-state index in [-0.39, 0.29) is 44.9 Å². The van der Waals surface area contributed by atoms with Gasteiger partial charge >= 0.3 is 17.1 Å². The van der Waals surface area contributed by atoms with E-state index in [0.717, 1.165) is 13.7 Å². The first-order valence-electron chi connectivity index (χ1n) is 6.90. The third kappa shape index (κ3) is 2.99. The van der Waals surface area contributed by atoms with Crippen molar-refractivity contribution in [3.8, 4) is 0 Å². The molecule has 0 spiro atoms. The molecular weight excluding hydrogens is 282 g/mol. The maximum absolute atomic E-state index is 12.3. The molecule has 2 fully saturated rings. The highest BCUT2D eigenvalue weighted by Crippen LogP contribution is 2.10. The summed E-state index contributed by atoms with van der Waals surface area (Å²) >= 11 is 0. The molecular formula is C12H17N3O6. The minimum absolute atomic E-state index is 0.0749. The fourth-order valence-electron chi connectivity index (χ4n) is 2.17. The van der Waals surface area contributed by atoms with Gasteiger partial charge in [-0.1, -0.05) is 0 Å². The molecule has 9 nitrogen and oxygen atoms in total. The van der Waals surface area contributed by atoms with E-state index >= 15 is 0 Å². The Hall–Kier alpha value is -1.71. The number of nitrogens with zero attached hydrogens (tertiary/aromatic N) is 3. The molecule has 1 N–H and O–H groups in total. The molecule has 116 valence electrons. The van der Waals surface area contributed by atoms with Crippen LogP contribution >= 0.6 is 0 Å². The highest BCUT2D eigenvalue weighted by atomic mass is 16.6. The van der Waals surface area contributed by atoms with Gasteiger partial charge in [0, 0.05) is 13.2 Å². The van der Waals surface area contributed by atoms with Crippen LogP contribution in [-0.2, 0) is 29.1 Å². The number of epoxide rings is 2. The Morgan fingerprint density at radius 1 is 0.905 bits per heavy atom. The van der Waals surface area contributed by atoms with Crippen LogP contribution < -0.4 is 17.1 Å². The molecule has 0 amide bonds. The van der Waals surface area contributed by atoms with Crippen molar-refractivity contribution in [2.45, 2.75) is 38.3 Å². The molecule has 2 unspecified atom stereocenters. The third-order valence-electron chi connectivity index (χ3n) is 3.50. The van der Waals surface area contributed by atoms with Gasteiger partial charge in [-0.25, -0.2) is 28.1 Å².